The highest BCUT2D eigenvalue weighted by molar-refractivity contribution is 14.1. The number of nitrogens with zero attached hydrogens (tertiary/aromatic N) is 1. The number of aliphatic imine (C=N–C) groups is 1. The van der Waals surface area contributed by atoms with Gasteiger partial charge in [0.2, 0.25) is 5.90 Å². The van der Waals surface area contributed by atoms with Crippen molar-refractivity contribution in [2.45, 2.75) is 20.5 Å². The number of benzene rings is 3. The van der Waals surface area contributed by atoms with Gasteiger partial charge in [-0.15, -0.1) is 0 Å². The van der Waals surface area contributed by atoms with Gasteiger partial charge in [0.05, 0.1) is 10.2 Å². The predicted octanol–water partition coefficient (Wildman–Crippen LogP) is 5.92. The van der Waals surface area contributed by atoms with Gasteiger partial charge >= 0.3 is 5.97 Å². The van der Waals surface area contributed by atoms with Gasteiger partial charge in [0, 0.05) is 5.56 Å². The average Bonchev–Trinajstić information content (AvgIpc) is 3.14. The third-order valence-corrected chi connectivity index (χ3v) is 5.66. The lowest BCUT2D eigenvalue weighted by molar-refractivity contribution is -0.129. The Hall–Kier alpha value is -3.13. The van der Waals surface area contributed by atoms with Crippen LogP contribution in [0.2, 0.25) is 0 Å². The number of cyclic esters (lactones) is 1. The average molecular weight is 539 g/mol. The Balaban J connectivity index is 1.63. The number of esters is 1. The molecule has 0 N–H and O–H groups in total. The summed E-state index contributed by atoms with van der Waals surface area (Å²) in [7, 11) is 0. The lowest BCUT2D eigenvalue weighted by Gasteiger charge is -2.15. The monoisotopic (exact) mass is 539 g/mol. The summed E-state index contributed by atoms with van der Waals surface area (Å²) < 4.78 is 18.2. The molecule has 3 aromatic rings. The van der Waals surface area contributed by atoms with Gasteiger partial charge in [-0.3, -0.25) is 0 Å². The highest BCUT2D eigenvalue weighted by Crippen LogP contribution is 2.36. The Morgan fingerprint density at radius 1 is 1.03 bits per heavy atom. The molecule has 0 aliphatic carbocycles. The molecule has 6 heteroatoms. The van der Waals surface area contributed by atoms with Crippen molar-refractivity contribution in [1.29, 1.82) is 0 Å². The molecule has 0 aromatic heterocycles. The van der Waals surface area contributed by atoms with Gasteiger partial charge in [-0.25, -0.2) is 9.79 Å². The number of hydrogen-bond acceptors (Lipinski definition) is 5. The SMILES string of the molecule is CCOc1cc(/C=C2\N=C(c3ccccc3C)OC2=O)cc(I)c1OCc1ccccc1. The van der Waals surface area contributed by atoms with Crippen molar-refractivity contribution in [3.05, 3.63) is 98.3 Å². The molecule has 0 fully saturated rings. The van der Waals surface area contributed by atoms with Gasteiger partial charge in [-0.1, -0.05) is 48.5 Å². The molecule has 0 saturated carbocycles. The van der Waals surface area contributed by atoms with Crippen LogP contribution in [0.25, 0.3) is 6.08 Å². The van der Waals surface area contributed by atoms with Crippen LogP contribution in [0, 0.1) is 10.5 Å². The van der Waals surface area contributed by atoms with Crippen LogP contribution >= 0.6 is 22.6 Å². The molecule has 0 amide bonds. The number of hydrogen-bond donors (Lipinski definition) is 0. The fourth-order valence-corrected chi connectivity index (χ4v) is 4.08. The minimum atomic E-state index is -0.472. The Morgan fingerprint density at radius 3 is 2.53 bits per heavy atom. The van der Waals surface area contributed by atoms with E-state index in [0.717, 1.165) is 25.8 Å². The van der Waals surface area contributed by atoms with E-state index in [1.165, 1.54) is 0 Å². The van der Waals surface area contributed by atoms with E-state index in [4.69, 9.17) is 14.2 Å². The van der Waals surface area contributed by atoms with Crippen LogP contribution in [0.4, 0.5) is 0 Å². The highest BCUT2D eigenvalue weighted by Gasteiger charge is 2.25. The standard InChI is InChI=1S/C26H22INO4/c1-3-30-23-15-19(13-21(27)24(23)31-16-18-10-5-4-6-11-18)14-22-26(29)32-25(28-22)20-12-8-7-9-17(20)2/h4-15H,3,16H2,1-2H3/b22-14-. The zero-order valence-electron chi connectivity index (χ0n) is 17.8. The van der Waals surface area contributed by atoms with Gasteiger partial charge in [-0.05, 0) is 77.4 Å². The Morgan fingerprint density at radius 2 is 1.78 bits per heavy atom. The van der Waals surface area contributed by atoms with Gasteiger partial charge < -0.3 is 14.2 Å². The van der Waals surface area contributed by atoms with Crippen molar-refractivity contribution < 1.29 is 19.0 Å². The van der Waals surface area contributed by atoms with E-state index in [0.29, 0.717) is 30.6 Å². The van der Waals surface area contributed by atoms with Crippen molar-refractivity contribution in [3.63, 3.8) is 0 Å². The van der Waals surface area contributed by atoms with Crippen LogP contribution in [-0.4, -0.2) is 18.5 Å². The van der Waals surface area contributed by atoms with Crippen molar-refractivity contribution in [2.24, 2.45) is 4.99 Å². The van der Waals surface area contributed by atoms with Crippen LogP contribution in [-0.2, 0) is 16.1 Å². The minimum Gasteiger partial charge on any atom is -0.490 e. The maximum Gasteiger partial charge on any atom is 0.363 e. The van der Waals surface area contributed by atoms with Crippen LogP contribution in [0.15, 0.2) is 77.4 Å². The minimum absolute atomic E-state index is 0.249. The van der Waals surface area contributed by atoms with E-state index < -0.39 is 5.97 Å². The maximum atomic E-state index is 12.4. The van der Waals surface area contributed by atoms with E-state index in [2.05, 4.69) is 27.6 Å². The zero-order chi connectivity index (χ0) is 22.5. The molecule has 1 heterocycles. The van der Waals surface area contributed by atoms with Gasteiger partial charge in [0.25, 0.3) is 0 Å². The second-order valence-electron chi connectivity index (χ2n) is 7.19. The first-order chi connectivity index (χ1) is 15.5. The maximum absolute atomic E-state index is 12.4. The number of rotatable bonds is 7. The predicted molar refractivity (Wildman–Crippen MR) is 133 cm³/mol. The number of halogens is 1. The van der Waals surface area contributed by atoms with E-state index >= 15 is 0 Å². The number of aryl methyl sites for hydroxylation is 1. The van der Waals surface area contributed by atoms with E-state index in [-0.39, 0.29) is 5.70 Å². The Labute approximate surface area is 200 Å². The first-order valence-electron chi connectivity index (χ1n) is 10.3. The highest BCUT2D eigenvalue weighted by atomic mass is 127. The van der Waals surface area contributed by atoms with E-state index in [9.17, 15) is 4.79 Å². The fourth-order valence-electron chi connectivity index (χ4n) is 3.30. The van der Waals surface area contributed by atoms with Gasteiger partial charge in [0.15, 0.2) is 17.2 Å². The zero-order valence-corrected chi connectivity index (χ0v) is 20.0. The smallest absolute Gasteiger partial charge is 0.363 e. The third-order valence-electron chi connectivity index (χ3n) is 4.86. The lowest BCUT2D eigenvalue weighted by Crippen LogP contribution is -2.06. The molecule has 0 unspecified atom stereocenters. The summed E-state index contributed by atoms with van der Waals surface area (Å²) >= 11 is 2.22. The van der Waals surface area contributed by atoms with Crippen LogP contribution in [0.1, 0.15) is 29.2 Å². The molecule has 0 radical (unpaired) electrons. The van der Waals surface area contributed by atoms with Crippen molar-refractivity contribution in [2.75, 3.05) is 6.61 Å². The second-order valence-corrected chi connectivity index (χ2v) is 8.35. The van der Waals surface area contributed by atoms with Crippen LogP contribution in [0.5, 0.6) is 11.5 Å². The summed E-state index contributed by atoms with van der Waals surface area (Å²) in [5.41, 5.74) is 3.90. The fraction of sp³-hybridized carbons (Fsp3) is 0.154. The van der Waals surface area contributed by atoms with Gasteiger partial charge in [0.1, 0.15) is 6.61 Å². The lowest BCUT2D eigenvalue weighted by atomic mass is 10.1. The second kappa shape index (κ2) is 9.99. The molecule has 5 nitrogen and oxygen atoms in total. The summed E-state index contributed by atoms with van der Waals surface area (Å²) in [6, 6.07) is 21.4. The molecule has 1 aliphatic heterocycles. The summed E-state index contributed by atoms with van der Waals surface area (Å²) in [5.74, 6) is 1.15. The Bertz CT molecular complexity index is 1200. The number of carbonyl (C=O) groups excluding carboxylic acids is 1. The molecule has 4 rings (SSSR count). The van der Waals surface area contributed by atoms with Crippen molar-refractivity contribution >= 4 is 40.5 Å². The number of ether oxygens (including phenoxy) is 3. The number of carbonyl (C=O) groups is 1. The molecular weight excluding hydrogens is 517 g/mol. The molecule has 0 spiro atoms. The third kappa shape index (κ3) is 5.02. The Kier molecular flexibility index (Phi) is 6.90. The van der Waals surface area contributed by atoms with E-state index in [1.54, 1.807) is 6.08 Å². The normalized spacial score (nSPS) is 14.3. The topological polar surface area (TPSA) is 57.1 Å². The van der Waals surface area contributed by atoms with Crippen molar-refractivity contribution in [1.82, 2.24) is 0 Å². The molecule has 3 aromatic carbocycles. The quantitative estimate of drug-likeness (QED) is 0.213. The largest absolute Gasteiger partial charge is 0.490 e. The summed E-state index contributed by atoms with van der Waals surface area (Å²) in [5, 5.41) is 0. The molecule has 0 atom stereocenters. The molecular formula is C26H22INO4. The first-order valence-corrected chi connectivity index (χ1v) is 11.3. The van der Waals surface area contributed by atoms with Gasteiger partial charge in [-0.2, -0.15) is 0 Å². The molecule has 162 valence electrons. The molecule has 0 saturated heterocycles. The van der Waals surface area contributed by atoms with Crippen LogP contribution < -0.4 is 9.47 Å². The van der Waals surface area contributed by atoms with Crippen LogP contribution in [0.3, 0.4) is 0 Å². The summed E-state index contributed by atoms with van der Waals surface area (Å²) in [6.07, 6.45) is 1.71. The van der Waals surface area contributed by atoms with Crippen molar-refractivity contribution in [3.8, 4) is 11.5 Å². The molecule has 1 aliphatic rings. The molecule has 32 heavy (non-hydrogen) atoms. The molecule has 0 bridgehead atoms. The first kappa shape index (κ1) is 22.1. The van der Waals surface area contributed by atoms with E-state index in [1.807, 2.05) is 80.6 Å². The summed E-state index contributed by atoms with van der Waals surface area (Å²) in [6.45, 7) is 4.81. The summed E-state index contributed by atoms with van der Waals surface area (Å²) in [4.78, 5) is 16.9.